The number of amides is 2. The largest absolute Gasteiger partial charge is 0.355 e. The fourth-order valence-electron chi connectivity index (χ4n) is 4.07. The minimum atomic E-state index is -0.130. The van der Waals surface area contributed by atoms with E-state index in [9.17, 15) is 9.59 Å². The maximum absolute atomic E-state index is 13.0. The first kappa shape index (κ1) is 19.0. The van der Waals surface area contributed by atoms with Crippen molar-refractivity contribution in [3.8, 4) is 5.69 Å². The number of aromatic nitrogens is 1. The van der Waals surface area contributed by atoms with Crippen LogP contribution in [0.15, 0.2) is 54.6 Å². The molecule has 2 heterocycles. The van der Waals surface area contributed by atoms with Crippen molar-refractivity contribution in [2.24, 2.45) is 0 Å². The zero-order chi connectivity index (χ0) is 20.5. The Kier molecular flexibility index (Phi) is 4.97. The van der Waals surface area contributed by atoms with Gasteiger partial charge in [0, 0.05) is 41.6 Å². The van der Waals surface area contributed by atoms with E-state index >= 15 is 0 Å². The number of carbonyl (C=O) groups excluding carboxylic acids is 2. The number of benzene rings is 2. The number of hydrogen-bond donors (Lipinski definition) is 2. The van der Waals surface area contributed by atoms with Crippen LogP contribution in [0.5, 0.6) is 0 Å². The van der Waals surface area contributed by atoms with E-state index in [1.807, 2.05) is 50.2 Å². The minimum Gasteiger partial charge on any atom is -0.355 e. The van der Waals surface area contributed by atoms with E-state index in [1.165, 1.54) is 5.56 Å². The fourth-order valence-corrected chi connectivity index (χ4v) is 4.07. The van der Waals surface area contributed by atoms with Crippen LogP contribution in [0.25, 0.3) is 5.69 Å². The summed E-state index contributed by atoms with van der Waals surface area (Å²) in [6.07, 6.45) is 0.495. The zero-order valence-electron chi connectivity index (χ0n) is 17.0. The Morgan fingerprint density at radius 2 is 1.86 bits per heavy atom. The van der Waals surface area contributed by atoms with Crippen molar-refractivity contribution in [1.82, 2.24) is 9.88 Å². The molecule has 0 unspecified atom stereocenters. The Balaban J connectivity index is 1.58. The molecule has 1 aromatic heterocycles. The second-order valence-electron chi connectivity index (χ2n) is 7.74. The van der Waals surface area contributed by atoms with Gasteiger partial charge in [0.15, 0.2) is 0 Å². The summed E-state index contributed by atoms with van der Waals surface area (Å²) in [5.74, 6) is 0.105. The number of nitrogens with zero attached hydrogens (tertiary/aromatic N) is 1. The van der Waals surface area contributed by atoms with Gasteiger partial charge in [-0.25, -0.2) is 0 Å². The summed E-state index contributed by atoms with van der Waals surface area (Å²) in [4.78, 5) is 24.5. The second kappa shape index (κ2) is 7.59. The number of hydrogen-bond acceptors (Lipinski definition) is 2. The van der Waals surface area contributed by atoms with Gasteiger partial charge in [-0.15, -0.1) is 0 Å². The van der Waals surface area contributed by atoms with Crippen molar-refractivity contribution >= 4 is 17.5 Å². The molecule has 2 N–H and O–H groups in total. The molecule has 1 fully saturated rings. The minimum absolute atomic E-state index is 0.0769. The summed E-state index contributed by atoms with van der Waals surface area (Å²) < 4.78 is 2.11. The van der Waals surface area contributed by atoms with Gasteiger partial charge >= 0.3 is 0 Å². The molecule has 2 amide bonds. The summed E-state index contributed by atoms with van der Waals surface area (Å²) in [5, 5.41) is 5.88. The Morgan fingerprint density at radius 3 is 2.59 bits per heavy atom. The van der Waals surface area contributed by atoms with Gasteiger partial charge in [-0.1, -0.05) is 24.3 Å². The van der Waals surface area contributed by atoms with E-state index in [0.29, 0.717) is 18.5 Å². The van der Waals surface area contributed by atoms with Gasteiger partial charge in [0.1, 0.15) is 0 Å². The number of carbonyl (C=O) groups is 2. The lowest BCUT2D eigenvalue weighted by atomic mass is 9.98. The normalized spacial score (nSPS) is 16.0. The van der Waals surface area contributed by atoms with Gasteiger partial charge in [-0.05, 0) is 62.2 Å². The second-order valence-corrected chi connectivity index (χ2v) is 7.74. The molecule has 1 atom stereocenters. The number of rotatable bonds is 4. The predicted molar refractivity (Wildman–Crippen MR) is 115 cm³/mol. The summed E-state index contributed by atoms with van der Waals surface area (Å²) in [6, 6.07) is 17.9. The number of nitrogens with one attached hydrogen (secondary N) is 2. The molecule has 4 rings (SSSR count). The van der Waals surface area contributed by atoms with Crippen molar-refractivity contribution in [2.45, 2.75) is 33.1 Å². The Labute approximate surface area is 170 Å². The van der Waals surface area contributed by atoms with Crippen LogP contribution in [-0.4, -0.2) is 22.9 Å². The molecular formula is C24H25N3O2. The SMILES string of the molecule is Cc1cccc(-n2c(C)cc(C(=O)Nc3cccc([C@H]4CNC(=O)C4)c3)c2C)c1. The van der Waals surface area contributed by atoms with E-state index in [1.54, 1.807) is 0 Å². The quantitative estimate of drug-likeness (QED) is 0.703. The van der Waals surface area contributed by atoms with Crippen LogP contribution in [0.4, 0.5) is 5.69 Å². The van der Waals surface area contributed by atoms with Crippen molar-refractivity contribution in [3.63, 3.8) is 0 Å². The highest BCUT2D eigenvalue weighted by molar-refractivity contribution is 6.05. The van der Waals surface area contributed by atoms with Gasteiger partial charge in [-0.3, -0.25) is 9.59 Å². The molecular weight excluding hydrogens is 362 g/mol. The Morgan fingerprint density at radius 1 is 1.07 bits per heavy atom. The molecule has 1 aliphatic heterocycles. The lowest BCUT2D eigenvalue weighted by molar-refractivity contribution is -0.119. The lowest BCUT2D eigenvalue weighted by Crippen LogP contribution is -2.14. The van der Waals surface area contributed by atoms with Gasteiger partial charge in [0.25, 0.3) is 5.91 Å². The molecule has 0 saturated carbocycles. The summed E-state index contributed by atoms with van der Waals surface area (Å²) in [7, 11) is 0. The lowest BCUT2D eigenvalue weighted by Gasteiger charge is -2.12. The average Bonchev–Trinajstić information content (AvgIpc) is 3.25. The van der Waals surface area contributed by atoms with Crippen molar-refractivity contribution in [2.75, 3.05) is 11.9 Å². The van der Waals surface area contributed by atoms with Crippen molar-refractivity contribution < 1.29 is 9.59 Å². The Bertz CT molecular complexity index is 1100. The van der Waals surface area contributed by atoms with Crippen LogP contribution < -0.4 is 10.6 Å². The smallest absolute Gasteiger partial charge is 0.257 e. The monoisotopic (exact) mass is 387 g/mol. The topological polar surface area (TPSA) is 63.1 Å². The van der Waals surface area contributed by atoms with Gasteiger partial charge in [0.05, 0.1) is 5.56 Å². The first-order valence-corrected chi connectivity index (χ1v) is 9.86. The van der Waals surface area contributed by atoms with E-state index in [0.717, 1.165) is 28.3 Å². The number of aryl methyl sites for hydroxylation is 2. The van der Waals surface area contributed by atoms with Crippen LogP contribution in [0.2, 0.25) is 0 Å². The van der Waals surface area contributed by atoms with Gasteiger partial charge in [0.2, 0.25) is 5.91 Å². The molecule has 29 heavy (non-hydrogen) atoms. The summed E-state index contributed by atoms with van der Waals surface area (Å²) in [6.45, 7) is 6.69. The van der Waals surface area contributed by atoms with Crippen LogP contribution in [0, 0.1) is 20.8 Å². The fraction of sp³-hybridized carbons (Fsp3) is 0.250. The zero-order valence-corrected chi connectivity index (χ0v) is 17.0. The van der Waals surface area contributed by atoms with Crippen LogP contribution in [0.1, 0.15) is 45.2 Å². The molecule has 3 aromatic rings. The maximum Gasteiger partial charge on any atom is 0.257 e. The van der Waals surface area contributed by atoms with E-state index in [-0.39, 0.29) is 17.7 Å². The molecule has 1 saturated heterocycles. The molecule has 2 aromatic carbocycles. The van der Waals surface area contributed by atoms with Crippen LogP contribution in [0.3, 0.4) is 0 Å². The summed E-state index contributed by atoms with van der Waals surface area (Å²) in [5.41, 5.74) is 6.62. The molecule has 0 bridgehead atoms. The standard InChI is InChI=1S/C24H25N3O2/c1-15-6-4-9-21(10-15)27-16(2)11-22(17(27)3)24(29)26-20-8-5-7-18(12-20)19-13-23(28)25-14-19/h4-12,19H,13-14H2,1-3H3,(H,25,28)(H,26,29)/t19-/m1/s1. The van der Waals surface area contributed by atoms with Crippen molar-refractivity contribution in [3.05, 3.63) is 82.7 Å². The van der Waals surface area contributed by atoms with Crippen LogP contribution in [-0.2, 0) is 4.79 Å². The third-order valence-corrected chi connectivity index (χ3v) is 5.53. The first-order chi connectivity index (χ1) is 13.9. The highest BCUT2D eigenvalue weighted by atomic mass is 16.2. The Hall–Kier alpha value is -3.34. The predicted octanol–water partition coefficient (Wildman–Crippen LogP) is 4.26. The van der Waals surface area contributed by atoms with E-state index in [2.05, 4.69) is 40.3 Å². The highest BCUT2D eigenvalue weighted by Gasteiger charge is 2.23. The molecule has 5 nitrogen and oxygen atoms in total. The molecule has 148 valence electrons. The number of anilines is 1. The van der Waals surface area contributed by atoms with Crippen LogP contribution >= 0.6 is 0 Å². The molecule has 5 heteroatoms. The first-order valence-electron chi connectivity index (χ1n) is 9.86. The van der Waals surface area contributed by atoms with E-state index in [4.69, 9.17) is 0 Å². The molecule has 0 radical (unpaired) electrons. The highest BCUT2D eigenvalue weighted by Crippen LogP contribution is 2.26. The third kappa shape index (κ3) is 3.81. The van der Waals surface area contributed by atoms with E-state index < -0.39 is 0 Å². The van der Waals surface area contributed by atoms with Gasteiger partial charge < -0.3 is 15.2 Å². The average molecular weight is 387 g/mol. The van der Waals surface area contributed by atoms with Crippen molar-refractivity contribution in [1.29, 1.82) is 0 Å². The maximum atomic E-state index is 13.0. The molecule has 1 aliphatic rings. The summed E-state index contributed by atoms with van der Waals surface area (Å²) >= 11 is 0. The molecule has 0 spiro atoms. The molecule has 0 aliphatic carbocycles. The third-order valence-electron chi connectivity index (χ3n) is 5.53. The van der Waals surface area contributed by atoms with Gasteiger partial charge in [-0.2, -0.15) is 0 Å².